The van der Waals surface area contributed by atoms with Gasteiger partial charge < -0.3 is 10.3 Å². The number of para-hydroxylation sites is 1. The Bertz CT molecular complexity index is 571. The largest absolute Gasteiger partial charge is 0.386 e. The summed E-state index contributed by atoms with van der Waals surface area (Å²) in [5.41, 5.74) is 6.13. The standard InChI is InChI=1S/C11H11N3O/c12-11(13)7-14-6-5-10(15)8-3-1-2-4-9(8)14/h1-6H,7H2,(H3,12,13). The number of aromatic nitrogens is 1. The van der Waals surface area contributed by atoms with E-state index >= 15 is 0 Å². The molecule has 0 saturated carbocycles. The van der Waals surface area contributed by atoms with Gasteiger partial charge in [0.05, 0.1) is 12.1 Å². The monoisotopic (exact) mass is 201 g/mol. The van der Waals surface area contributed by atoms with Crippen LogP contribution < -0.4 is 11.2 Å². The lowest BCUT2D eigenvalue weighted by Crippen LogP contribution is -2.19. The third kappa shape index (κ3) is 1.74. The van der Waals surface area contributed by atoms with Gasteiger partial charge in [-0.05, 0) is 12.1 Å². The van der Waals surface area contributed by atoms with E-state index in [1.54, 1.807) is 16.8 Å². The summed E-state index contributed by atoms with van der Waals surface area (Å²) in [5, 5.41) is 7.89. The van der Waals surface area contributed by atoms with Crippen LogP contribution >= 0.6 is 0 Å². The summed E-state index contributed by atoms with van der Waals surface area (Å²) in [6.45, 7) is 0.306. The van der Waals surface area contributed by atoms with Crippen LogP contribution in [0.5, 0.6) is 0 Å². The quantitative estimate of drug-likeness (QED) is 0.560. The second-order valence-corrected chi connectivity index (χ2v) is 3.35. The Hall–Kier alpha value is -2.10. The number of fused-ring (bicyclic) bond motifs is 1. The number of rotatable bonds is 2. The molecule has 0 fully saturated rings. The summed E-state index contributed by atoms with van der Waals surface area (Å²) in [4.78, 5) is 11.5. The predicted molar refractivity (Wildman–Crippen MR) is 60.1 cm³/mol. The summed E-state index contributed by atoms with van der Waals surface area (Å²) in [6.07, 6.45) is 1.66. The van der Waals surface area contributed by atoms with E-state index in [1.807, 2.05) is 18.2 Å². The summed E-state index contributed by atoms with van der Waals surface area (Å²) < 4.78 is 1.79. The van der Waals surface area contributed by atoms with Gasteiger partial charge in [0, 0.05) is 17.6 Å². The van der Waals surface area contributed by atoms with Crippen LogP contribution in [0, 0.1) is 5.41 Å². The molecule has 3 N–H and O–H groups in total. The minimum Gasteiger partial charge on any atom is -0.386 e. The van der Waals surface area contributed by atoms with Crippen LogP contribution in [-0.2, 0) is 6.54 Å². The molecule has 0 aliphatic carbocycles. The molecule has 2 aromatic rings. The van der Waals surface area contributed by atoms with Crippen molar-refractivity contribution in [3.63, 3.8) is 0 Å². The van der Waals surface area contributed by atoms with Crippen molar-refractivity contribution >= 4 is 16.7 Å². The molecule has 0 aliphatic rings. The third-order valence-electron chi connectivity index (χ3n) is 2.23. The average molecular weight is 201 g/mol. The van der Waals surface area contributed by atoms with Crippen LogP contribution in [0.3, 0.4) is 0 Å². The Kier molecular flexibility index (Phi) is 2.25. The molecule has 4 heteroatoms. The van der Waals surface area contributed by atoms with Crippen LogP contribution in [0.15, 0.2) is 41.3 Å². The Labute approximate surface area is 86.5 Å². The van der Waals surface area contributed by atoms with E-state index in [4.69, 9.17) is 11.1 Å². The fourth-order valence-corrected chi connectivity index (χ4v) is 1.58. The van der Waals surface area contributed by atoms with Gasteiger partial charge in [0.2, 0.25) is 0 Å². The van der Waals surface area contributed by atoms with Crippen molar-refractivity contribution in [1.29, 1.82) is 5.41 Å². The van der Waals surface area contributed by atoms with Gasteiger partial charge in [-0.25, -0.2) is 0 Å². The van der Waals surface area contributed by atoms with Crippen molar-refractivity contribution < 1.29 is 0 Å². The molecular weight excluding hydrogens is 190 g/mol. The average Bonchev–Trinajstić information content (AvgIpc) is 2.22. The number of nitrogens with zero attached hydrogens (tertiary/aromatic N) is 1. The van der Waals surface area contributed by atoms with Crippen molar-refractivity contribution in [3.05, 3.63) is 46.8 Å². The lowest BCUT2D eigenvalue weighted by Gasteiger charge is -2.08. The molecular formula is C11H11N3O. The maximum Gasteiger partial charge on any atom is 0.189 e. The molecule has 0 bridgehead atoms. The van der Waals surface area contributed by atoms with Gasteiger partial charge in [-0.15, -0.1) is 0 Å². The van der Waals surface area contributed by atoms with E-state index in [1.165, 1.54) is 6.07 Å². The zero-order valence-corrected chi connectivity index (χ0v) is 8.10. The Morgan fingerprint density at radius 3 is 2.80 bits per heavy atom. The lowest BCUT2D eigenvalue weighted by atomic mass is 10.2. The number of hydrogen-bond donors (Lipinski definition) is 2. The molecule has 4 nitrogen and oxygen atoms in total. The highest BCUT2D eigenvalue weighted by Crippen LogP contribution is 2.08. The van der Waals surface area contributed by atoms with Gasteiger partial charge in [0.1, 0.15) is 5.84 Å². The number of nitrogens with one attached hydrogen (secondary N) is 1. The summed E-state index contributed by atoms with van der Waals surface area (Å²) in [5.74, 6) is 0.0730. The molecule has 1 aromatic carbocycles. The summed E-state index contributed by atoms with van der Waals surface area (Å²) >= 11 is 0. The summed E-state index contributed by atoms with van der Waals surface area (Å²) in [6, 6.07) is 8.79. The number of amidine groups is 1. The molecule has 0 aliphatic heterocycles. The SMILES string of the molecule is N=C(N)Cn1ccc(=O)c2ccccc21. The first kappa shape index (κ1) is 9.45. The van der Waals surface area contributed by atoms with Crippen LogP contribution in [0.2, 0.25) is 0 Å². The van der Waals surface area contributed by atoms with Gasteiger partial charge in [-0.1, -0.05) is 12.1 Å². The van der Waals surface area contributed by atoms with E-state index in [0.29, 0.717) is 11.9 Å². The zero-order valence-electron chi connectivity index (χ0n) is 8.10. The summed E-state index contributed by atoms with van der Waals surface area (Å²) in [7, 11) is 0. The maximum atomic E-state index is 11.5. The van der Waals surface area contributed by atoms with E-state index in [0.717, 1.165) is 5.52 Å². The van der Waals surface area contributed by atoms with Crippen molar-refractivity contribution in [2.75, 3.05) is 0 Å². The van der Waals surface area contributed by atoms with Gasteiger partial charge in [0.15, 0.2) is 5.43 Å². The first-order valence-electron chi connectivity index (χ1n) is 4.59. The van der Waals surface area contributed by atoms with Crippen molar-refractivity contribution in [1.82, 2.24) is 4.57 Å². The van der Waals surface area contributed by atoms with Gasteiger partial charge in [0.25, 0.3) is 0 Å². The van der Waals surface area contributed by atoms with E-state index < -0.39 is 0 Å². The molecule has 76 valence electrons. The topological polar surface area (TPSA) is 71.9 Å². The van der Waals surface area contributed by atoms with Gasteiger partial charge in [-0.3, -0.25) is 10.2 Å². The molecule has 0 spiro atoms. The number of nitrogens with two attached hydrogens (primary N) is 1. The van der Waals surface area contributed by atoms with Crippen LogP contribution in [0.1, 0.15) is 0 Å². The molecule has 1 heterocycles. The second kappa shape index (κ2) is 3.57. The molecule has 15 heavy (non-hydrogen) atoms. The fraction of sp³-hybridized carbons (Fsp3) is 0.0909. The van der Waals surface area contributed by atoms with Crippen molar-refractivity contribution in [2.45, 2.75) is 6.54 Å². The highest BCUT2D eigenvalue weighted by molar-refractivity contribution is 5.82. The van der Waals surface area contributed by atoms with Gasteiger partial charge >= 0.3 is 0 Å². The maximum absolute atomic E-state index is 11.5. The highest BCUT2D eigenvalue weighted by atomic mass is 16.1. The van der Waals surface area contributed by atoms with E-state index in [9.17, 15) is 4.79 Å². The highest BCUT2D eigenvalue weighted by Gasteiger charge is 2.01. The Morgan fingerprint density at radius 2 is 2.07 bits per heavy atom. The molecule has 1 aromatic heterocycles. The lowest BCUT2D eigenvalue weighted by molar-refractivity contribution is 0.871. The second-order valence-electron chi connectivity index (χ2n) is 3.35. The normalized spacial score (nSPS) is 10.4. The number of benzene rings is 1. The minimum atomic E-state index is -0.00889. The number of hydrogen-bond acceptors (Lipinski definition) is 2. The molecule has 0 saturated heterocycles. The third-order valence-corrected chi connectivity index (χ3v) is 2.23. The van der Waals surface area contributed by atoms with E-state index in [2.05, 4.69) is 0 Å². The molecule has 0 unspecified atom stereocenters. The van der Waals surface area contributed by atoms with E-state index in [-0.39, 0.29) is 11.3 Å². The van der Waals surface area contributed by atoms with Crippen molar-refractivity contribution in [2.24, 2.45) is 5.73 Å². The fourth-order valence-electron chi connectivity index (χ4n) is 1.58. The first-order chi connectivity index (χ1) is 7.18. The molecule has 0 radical (unpaired) electrons. The molecule has 2 rings (SSSR count). The van der Waals surface area contributed by atoms with Crippen LogP contribution in [0.4, 0.5) is 0 Å². The molecule has 0 amide bonds. The Balaban J connectivity index is 2.71. The molecule has 0 atom stereocenters. The smallest absolute Gasteiger partial charge is 0.189 e. The van der Waals surface area contributed by atoms with Gasteiger partial charge in [-0.2, -0.15) is 0 Å². The number of pyridine rings is 1. The minimum absolute atomic E-state index is 0.00889. The zero-order chi connectivity index (χ0) is 10.8. The predicted octanol–water partition coefficient (Wildman–Crippen LogP) is 0.937. The Morgan fingerprint density at radius 1 is 1.33 bits per heavy atom. The first-order valence-corrected chi connectivity index (χ1v) is 4.59. The van der Waals surface area contributed by atoms with Crippen LogP contribution in [0.25, 0.3) is 10.9 Å². The van der Waals surface area contributed by atoms with Crippen LogP contribution in [-0.4, -0.2) is 10.4 Å². The van der Waals surface area contributed by atoms with Crippen molar-refractivity contribution in [3.8, 4) is 0 Å².